The normalized spacial score (nSPS) is 12.7. The Hall–Kier alpha value is -2.84. The average Bonchev–Trinajstić information content (AvgIpc) is 2.37. The fraction of sp³-hybridized carbons (Fsp3) is 0.273. The van der Waals surface area contributed by atoms with Crippen molar-refractivity contribution in [2.75, 3.05) is 18.5 Å². The minimum Gasteiger partial charge on any atom is -0.485 e. The van der Waals surface area contributed by atoms with Crippen molar-refractivity contribution in [1.29, 1.82) is 0 Å². The summed E-state index contributed by atoms with van der Waals surface area (Å²) in [5.41, 5.74) is -1.16. The molecule has 2 rings (SSSR count). The number of ether oxygens (including phenoxy) is 2. The number of hydrogen-bond acceptors (Lipinski definition) is 6. The summed E-state index contributed by atoms with van der Waals surface area (Å²) >= 11 is 0. The van der Waals surface area contributed by atoms with Crippen molar-refractivity contribution in [3.8, 4) is 11.5 Å². The summed E-state index contributed by atoms with van der Waals surface area (Å²) in [6.07, 6.45) is 0. The zero-order valence-corrected chi connectivity index (χ0v) is 10.3. The van der Waals surface area contributed by atoms with E-state index in [0.717, 1.165) is 6.07 Å². The Bertz CT molecular complexity index is 611. The summed E-state index contributed by atoms with van der Waals surface area (Å²) in [5, 5.41) is 22.4. The predicted molar refractivity (Wildman–Crippen MR) is 65.3 cm³/mol. The molecular formula is C11H10N2O7. The Morgan fingerprint density at radius 2 is 1.95 bits per heavy atom. The van der Waals surface area contributed by atoms with Crippen LogP contribution in [-0.2, 0) is 4.79 Å². The first kappa shape index (κ1) is 13.6. The van der Waals surface area contributed by atoms with Gasteiger partial charge in [0.05, 0.1) is 4.92 Å². The van der Waals surface area contributed by atoms with Crippen LogP contribution in [-0.4, -0.2) is 35.1 Å². The molecule has 0 saturated carbocycles. The number of hydrogen-bond donors (Lipinski definition) is 2. The summed E-state index contributed by atoms with van der Waals surface area (Å²) in [4.78, 5) is 32.5. The van der Waals surface area contributed by atoms with E-state index in [9.17, 15) is 19.7 Å². The molecule has 1 heterocycles. The van der Waals surface area contributed by atoms with Gasteiger partial charge in [0.1, 0.15) is 18.8 Å². The summed E-state index contributed by atoms with van der Waals surface area (Å²) < 4.78 is 10.4. The number of nitro groups is 1. The second-order valence-electron chi connectivity index (χ2n) is 3.92. The molecule has 106 valence electrons. The first-order chi connectivity index (χ1) is 9.41. The number of aromatic carboxylic acids is 1. The van der Waals surface area contributed by atoms with Crippen LogP contribution in [0.4, 0.5) is 11.4 Å². The number of carbonyl (C=O) groups is 2. The maximum atomic E-state index is 11.1. The number of carbonyl (C=O) groups excluding carboxylic acids is 1. The van der Waals surface area contributed by atoms with Gasteiger partial charge < -0.3 is 19.9 Å². The third kappa shape index (κ3) is 2.32. The van der Waals surface area contributed by atoms with Gasteiger partial charge in [-0.05, 0) is 0 Å². The Kier molecular flexibility index (Phi) is 3.42. The van der Waals surface area contributed by atoms with Crippen molar-refractivity contribution in [2.45, 2.75) is 6.92 Å². The molecule has 1 aliphatic heterocycles. The summed E-state index contributed by atoms with van der Waals surface area (Å²) in [6.45, 7) is 1.38. The van der Waals surface area contributed by atoms with Crippen molar-refractivity contribution >= 4 is 23.3 Å². The van der Waals surface area contributed by atoms with Crippen LogP contribution in [0.15, 0.2) is 6.07 Å². The van der Waals surface area contributed by atoms with Gasteiger partial charge in [0.25, 0.3) is 5.69 Å². The van der Waals surface area contributed by atoms with E-state index in [4.69, 9.17) is 14.6 Å². The largest absolute Gasteiger partial charge is 0.485 e. The van der Waals surface area contributed by atoms with E-state index >= 15 is 0 Å². The minimum atomic E-state index is -1.38. The van der Waals surface area contributed by atoms with Crippen molar-refractivity contribution < 1.29 is 29.1 Å². The average molecular weight is 282 g/mol. The number of amides is 1. The molecule has 1 aromatic rings. The summed E-state index contributed by atoms with van der Waals surface area (Å²) in [5.74, 6) is -2.20. The molecule has 0 radical (unpaired) electrons. The van der Waals surface area contributed by atoms with Gasteiger partial charge in [0.15, 0.2) is 17.2 Å². The summed E-state index contributed by atoms with van der Waals surface area (Å²) in [6, 6.07) is 0.834. The Morgan fingerprint density at radius 3 is 2.45 bits per heavy atom. The van der Waals surface area contributed by atoms with Crippen LogP contribution in [0.25, 0.3) is 0 Å². The van der Waals surface area contributed by atoms with Crippen molar-refractivity contribution in [3.05, 3.63) is 21.7 Å². The van der Waals surface area contributed by atoms with E-state index in [2.05, 4.69) is 5.32 Å². The second kappa shape index (κ2) is 5.03. The number of fused-ring (bicyclic) bond motifs is 1. The van der Waals surface area contributed by atoms with E-state index in [0.29, 0.717) is 0 Å². The van der Waals surface area contributed by atoms with Crippen LogP contribution >= 0.6 is 0 Å². The molecule has 0 saturated heterocycles. The van der Waals surface area contributed by atoms with Gasteiger partial charge in [-0.3, -0.25) is 14.9 Å². The molecule has 0 unspecified atom stereocenters. The standard InChI is InChI=1S/C11H10N2O7/c1-5(14)12-8-7(13(17)18)4-6(11(15)16)9-10(8)20-3-2-19-9/h4H,2-3H2,1H3,(H,12,14)(H,15,16). The Morgan fingerprint density at radius 1 is 1.35 bits per heavy atom. The smallest absolute Gasteiger partial charge is 0.339 e. The molecule has 9 nitrogen and oxygen atoms in total. The number of benzene rings is 1. The first-order valence-corrected chi connectivity index (χ1v) is 5.53. The van der Waals surface area contributed by atoms with E-state index in [1.807, 2.05) is 0 Å². The van der Waals surface area contributed by atoms with Gasteiger partial charge >= 0.3 is 5.97 Å². The molecule has 0 aliphatic carbocycles. The predicted octanol–water partition coefficient (Wildman–Crippen LogP) is 1.02. The number of carboxylic acids is 1. The van der Waals surface area contributed by atoms with Crippen LogP contribution in [0.2, 0.25) is 0 Å². The topological polar surface area (TPSA) is 128 Å². The molecule has 9 heteroatoms. The molecule has 0 spiro atoms. The van der Waals surface area contributed by atoms with Crippen LogP contribution < -0.4 is 14.8 Å². The molecule has 20 heavy (non-hydrogen) atoms. The Balaban J connectivity index is 2.73. The molecule has 1 aliphatic rings. The number of nitrogens with one attached hydrogen (secondary N) is 1. The fourth-order valence-corrected chi connectivity index (χ4v) is 1.79. The quantitative estimate of drug-likeness (QED) is 0.625. The second-order valence-corrected chi connectivity index (χ2v) is 3.92. The zero-order chi connectivity index (χ0) is 14.9. The molecule has 0 aromatic heterocycles. The number of anilines is 1. The molecule has 1 amide bonds. The van der Waals surface area contributed by atoms with E-state index in [1.54, 1.807) is 0 Å². The van der Waals surface area contributed by atoms with Gasteiger partial charge in [0.2, 0.25) is 5.91 Å². The lowest BCUT2D eigenvalue weighted by Gasteiger charge is -2.22. The number of nitro benzene ring substituents is 1. The van der Waals surface area contributed by atoms with Crippen molar-refractivity contribution in [3.63, 3.8) is 0 Å². The van der Waals surface area contributed by atoms with E-state index < -0.39 is 22.5 Å². The molecule has 1 aromatic carbocycles. The lowest BCUT2D eigenvalue weighted by atomic mass is 10.1. The molecule has 0 fully saturated rings. The molecule has 2 N–H and O–H groups in total. The SMILES string of the molecule is CC(=O)Nc1c([N+](=O)[O-])cc(C(=O)O)c2c1OCCO2. The Labute approximate surface area is 112 Å². The van der Waals surface area contributed by atoms with Gasteiger partial charge in [0, 0.05) is 13.0 Å². The lowest BCUT2D eigenvalue weighted by molar-refractivity contribution is -0.384. The van der Waals surface area contributed by atoms with Crippen LogP contribution in [0, 0.1) is 10.1 Å². The number of rotatable bonds is 3. The van der Waals surface area contributed by atoms with Crippen LogP contribution in [0.3, 0.4) is 0 Å². The number of nitrogens with zero attached hydrogens (tertiary/aromatic N) is 1. The van der Waals surface area contributed by atoms with Gasteiger partial charge in [-0.25, -0.2) is 4.79 Å². The van der Waals surface area contributed by atoms with E-state index in [1.165, 1.54) is 6.92 Å². The van der Waals surface area contributed by atoms with Gasteiger partial charge in [-0.2, -0.15) is 0 Å². The maximum absolute atomic E-state index is 11.1. The van der Waals surface area contributed by atoms with Crippen LogP contribution in [0.5, 0.6) is 11.5 Å². The van der Waals surface area contributed by atoms with Crippen molar-refractivity contribution in [2.24, 2.45) is 0 Å². The molecular weight excluding hydrogens is 272 g/mol. The highest BCUT2D eigenvalue weighted by molar-refractivity contribution is 6.00. The minimum absolute atomic E-state index is 0.0970. The number of carboxylic acid groups (broad SMARTS) is 1. The third-order valence-corrected chi connectivity index (χ3v) is 2.52. The summed E-state index contributed by atoms with van der Waals surface area (Å²) in [7, 11) is 0. The highest BCUT2D eigenvalue weighted by Gasteiger charge is 2.32. The highest BCUT2D eigenvalue weighted by Crippen LogP contribution is 2.46. The van der Waals surface area contributed by atoms with Crippen molar-refractivity contribution in [1.82, 2.24) is 0 Å². The zero-order valence-electron chi connectivity index (χ0n) is 10.3. The van der Waals surface area contributed by atoms with Gasteiger partial charge in [-0.1, -0.05) is 0 Å². The fourth-order valence-electron chi connectivity index (χ4n) is 1.79. The lowest BCUT2D eigenvalue weighted by Crippen LogP contribution is -2.21. The maximum Gasteiger partial charge on any atom is 0.339 e. The van der Waals surface area contributed by atoms with E-state index in [-0.39, 0.29) is 36.0 Å². The molecule has 0 bridgehead atoms. The van der Waals surface area contributed by atoms with Gasteiger partial charge in [-0.15, -0.1) is 0 Å². The monoisotopic (exact) mass is 282 g/mol. The first-order valence-electron chi connectivity index (χ1n) is 5.53. The molecule has 0 atom stereocenters. The highest BCUT2D eigenvalue weighted by atomic mass is 16.6. The third-order valence-electron chi connectivity index (χ3n) is 2.52. The van der Waals surface area contributed by atoms with Crippen LogP contribution in [0.1, 0.15) is 17.3 Å².